The summed E-state index contributed by atoms with van der Waals surface area (Å²) in [5.74, 6) is 1.02. The number of anilines is 1. The minimum absolute atomic E-state index is 0. The van der Waals surface area contributed by atoms with Crippen LogP contribution < -0.4 is 5.32 Å². The Morgan fingerprint density at radius 2 is 1.42 bits per heavy atom. The summed E-state index contributed by atoms with van der Waals surface area (Å²) in [4.78, 5) is 18.3. The van der Waals surface area contributed by atoms with Gasteiger partial charge in [0.05, 0.1) is 0 Å². The predicted octanol–water partition coefficient (Wildman–Crippen LogP) is 9.97. The molecule has 0 aliphatic carbocycles. The van der Waals surface area contributed by atoms with Gasteiger partial charge in [0, 0.05) is 55.4 Å². The van der Waals surface area contributed by atoms with Crippen molar-refractivity contribution in [1.82, 2.24) is 9.80 Å². The van der Waals surface area contributed by atoms with E-state index in [0.717, 1.165) is 88.0 Å². The van der Waals surface area contributed by atoms with Crippen LogP contribution in [-0.4, -0.2) is 41.8 Å². The number of nitrogens with zero attached hydrogens (tertiary/aromatic N) is 2. The Hall–Kier alpha value is -2.86. The third-order valence-electron chi connectivity index (χ3n) is 10.0. The van der Waals surface area contributed by atoms with Crippen LogP contribution in [0.5, 0.6) is 0 Å². The first kappa shape index (κ1) is 38.0. The Kier molecular flexibility index (Phi) is 14.8. The van der Waals surface area contributed by atoms with Crippen molar-refractivity contribution < 1.29 is 4.79 Å². The van der Waals surface area contributed by atoms with Gasteiger partial charge in [0.15, 0.2) is 5.78 Å². The topological polar surface area (TPSA) is 35.6 Å². The minimum atomic E-state index is 0. The van der Waals surface area contributed by atoms with Crippen LogP contribution in [0.4, 0.5) is 5.69 Å². The molecule has 1 saturated heterocycles. The molecular formula is C41H50Cl3N3O. The van der Waals surface area contributed by atoms with Gasteiger partial charge >= 0.3 is 0 Å². The number of ketones is 1. The number of Topliss-reactive ketones (excluding diaryl/α,β-unsaturated/α-hetero) is 1. The van der Waals surface area contributed by atoms with E-state index in [1.807, 2.05) is 12.1 Å². The summed E-state index contributed by atoms with van der Waals surface area (Å²) in [6.07, 6.45) is 7.21. The second-order valence-corrected chi connectivity index (χ2v) is 13.8. The number of piperidine rings is 1. The molecule has 256 valence electrons. The monoisotopic (exact) mass is 705 g/mol. The molecule has 4 aromatic rings. The first-order valence-electron chi connectivity index (χ1n) is 17.2. The summed E-state index contributed by atoms with van der Waals surface area (Å²) in [5, 5.41) is 4.53. The molecule has 4 aromatic carbocycles. The van der Waals surface area contributed by atoms with Crippen LogP contribution in [0.15, 0.2) is 91.0 Å². The Morgan fingerprint density at radius 1 is 0.771 bits per heavy atom. The SMILES string of the molecule is Cc1ccc(CNc2ccccc2CN2CCc3ccc(C(=O)CCCC4CCN(Cc5ccccc5Cl)CC4)cc3CC2)cc1.Cl.Cl. The van der Waals surface area contributed by atoms with Crippen LogP contribution in [0.25, 0.3) is 0 Å². The molecule has 4 nitrogen and oxygen atoms in total. The van der Waals surface area contributed by atoms with Gasteiger partial charge in [-0.15, -0.1) is 24.8 Å². The maximum absolute atomic E-state index is 13.2. The number of hydrogen-bond donors (Lipinski definition) is 1. The molecule has 2 aliphatic heterocycles. The van der Waals surface area contributed by atoms with Gasteiger partial charge < -0.3 is 5.32 Å². The van der Waals surface area contributed by atoms with E-state index in [4.69, 9.17) is 11.6 Å². The third kappa shape index (κ3) is 10.6. The summed E-state index contributed by atoms with van der Waals surface area (Å²) >= 11 is 6.38. The molecule has 2 heterocycles. The fraction of sp³-hybridized carbons (Fsp3) is 0.390. The molecular weight excluding hydrogens is 657 g/mol. The van der Waals surface area contributed by atoms with Crippen molar-refractivity contribution >= 4 is 47.9 Å². The number of benzene rings is 4. The van der Waals surface area contributed by atoms with E-state index in [-0.39, 0.29) is 24.8 Å². The number of aryl methyl sites for hydroxylation is 1. The van der Waals surface area contributed by atoms with Gasteiger partial charge in [0.2, 0.25) is 0 Å². The standard InChI is InChI=1S/C41H48ClN3O.2ClH/c1-31-13-15-33(16-14-31)28-43-40-11-5-3-9-38(40)30-45-25-21-34-17-18-36(27-35(34)22-26-45)41(46)12-6-7-32-19-23-44(24-20-32)29-37-8-2-4-10-39(37)42;;/h2-5,8-11,13-18,27,32,43H,6-7,12,19-26,28-30H2,1H3;2*1H. The lowest BCUT2D eigenvalue weighted by Gasteiger charge is -2.32. The molecule has 7 heteroatoms. The van der Waals surface area contributed by atoms with Gasteiger partial charge in [0.1, 0.15) is 0 Å². The van der Waals surface area contributed by atoms with Crippen LogP contribution in [0, 0.1) is 12.8 Å². The number of para-hydroxylation sites is 1. The highest BCUT2D eigenvalue weighted by Crippen LogP contribution is 2.27. The zero-order valence-electron chi connectivity index (χ0n) is 28.1. The Labute approximate surface area is 305 Å². The van der Waals surface area contributed by atoms with E-state index >= 15 is 0 Å². The fourth-order valence-electron chi connectivity index (χ4n) is 7.07. The van der Waals surface area contributed by atoms with Crippen LogP contribution in [-0.2, 0) is 32.5 Å². The molecule has 2 aliphatic rings. The normalized spacial score (nSPS) is 15.5. The highest BCUT2D eigenvalue weighted by molar-refractivity contribution is 6.31. The molecule has 0 atom stereocenters. The largest absolute Gasteiger partial charge is 0.381 e. The van der Waals surface area contributed by atoms with Crippen molar-refractivity contribution in [3.8, 4) is 0 Å². The Balaban J connectivity index is 0.00000260. The lowest BCUT2D eigenvalue weighted by molar-refractivity contribution is 0.0974. The number of halogens is 3. The van der Waals surface area contributed by atoms with Gasteiger partial charge in [-0.25, -0.2) is 0 Å². The van der Waals surface area contributed by atoms with Crippen LogP contribution in [0.3, 0.4) is 0 Å². The molecule has 0 spiro atoms. The van der Waals surface area contributed by atoms with Crippen molar-refractivity contribution in [3.05, 3.63) is 135 Å². The smallest absolute Gasteiger partial charge is 0.162 e. The van der Waals surface area contributed by atoms with Crippen molar-refractivity contribution in [2.24, 2.45) is 5.92 Å². The molecule has 1 fully saturated rings. The molecule has 0 aromatic heterocycles. The minimum Gasteiger partial charge on any atom is -0.381 e. The van der Waals surface area contributed by atoms with Crippen molar-refractivity contribution in [2.75, 3.05) is 31.5 Å². The summed E-state index contributed by atoms with van der Waals surface area (Å²) in [7, 11) is 0. The third-order valence-corrected chi connectivity index (χ3v) is 10.4. The lowest BCUT2D eigenvalue weighted by atomic mass is 9.90. The second-order valence-electron chi connectivity index (χ2n) is 13.4. The van der Waals surface area contributed by atoms with Crippen LogP contribution >= 0.6 is 36.4 Å². The number of carbonyl (C=O) groups is 1. The molecule has 0 bridgehead atoms. The highest BCUT2D eigenvalue weighted by Gasteiger charge is 2.21. The van der Waals surface area contributed by atoms with Crippen molar-refractivity contribution in [1.29, 1.82) is 0 Å². The number of fused-ring (bicyclic) bond motifs is 1. The van der Waals surface area contributed by atoms with Gasteiger partial charge in [0.25, 0.3) is 0 Å². The summed E-state index contributed by atoms with van der Waals surface area (Å²) in [6.45, 7) is 9.07. The maximum atomic E-state index is 13.2. The predicted molar refractivity (Wildman–Crippen MR) is 206 cm³/mol. The van der Waals surface area contributed by atoms with Gasteiger partial charge in [-0.2, -0.15) is 0 Å². The first-order chi connectivity index (χ1) is 22.5. The number of nitrogens with one attached hydrogen (secondary N) is 1. The summed E-state index contributed by atoms with van der Waals surface area (Å²) in [6, 6.07) is 32.1. The van der Waals surface area contributed by atoms with E-state index < -0.39 is 0 Å². The number of carbonyl (C=O) groups excluding carboxylic acids is 1. The van der Waals surface area contributed by atoms with E-state index in [1.54, 1.807) is 0 Å². The zero-order valence-corrected chi connectivity index (χ0v) is 30.5. The zero-order chi connectivity index (χ0) is 31.7. The second kappa shape index (κ2) is 18.8. The van der Waals surface area contributed by atoms with Crippen LogP contribution in [0.2, 0.25) is 5.02 Å². The summed E-state index contributed by atoms with van der Waals surface area (Å²) < 4.78 is 0. The first-order valence-corrected chi connectivity index (χ1v) is 17.6. The van der Waals surface area contributed by atoms with Gasteiger partial charge in [-0.3, -0.25) is 14.6 Å². The average molecular weight is 707 g/mol. The average Bonchev–Trinajstić information content (AvgIpc) is 3.28. The molecule has 0 unspecified atom stereocenters. The molecule has 0 amide bonds. The fourth-order valence-corrected chi connectivity index (χ4v) is 7.27. The molecule has 1 N–H and O–H groups in total. The van der Waals surface area contributed by atoms with Gasteiger partial charge in [-0.05, 0) is 110 Å². The van der Waals surface area contributed by atoms with E-state index in [0.29, 0.717) is 12.2 Å². The number of likely N-dealkylation sites (tertiary alicyclic amines) is 1. The van der Waals surface area contributed by atoms with Crippen LogP contribution in [0.1, 0.15) is 75.8 Å². The summed E-state index contributed by atoms with van der Waals surface area (Å²) in [5.41, 5.74) is 9.99. The van der Waals surface area contributed by atoms with Gasteiger partial charge in [-0.1, -0.05) is 90.0 Å². The van der Waals surface area contributed by atoms with E-state index in [2.05, 4.69) is 101 Å². The molecule has 0 radical (unpaired) electrons. The maximum Gasteiger partial charge on any atom is 0.162 e. The van der Waals surface area contributed by atoms with Crippen molar-refractivity contribution in [3.63, 3.8) is 0 Å². The molecule has 6 rings (SSSR count). The number of rotatable bonds is 12. The van der Waals surface area contributed by atoms with E-state index in [1.165, 1.54) is 51.9 Å². The lowest BCUT2D eigenvalue weighted by Crippen LogP contribution is -2.33. The number of hydrogen-bond acceptors (Lipinski definition) is 4. The Morgan fingerprint density at radius 3 is 2.17 bits per heavy atom. The quantitative estimate of drug-likeness (QED) is 0.149. The van der Waals surface area contributed by atoms with E-state index in [9.17, 15) is 4.79 Å². The Bertz CT molecular complexity index is 1600. The molecule has 0 saturated carbocycles. The highest BCUT2D eigenvalue weighted by atomic mass is 35.5. The molecule has 48 heavy (non-hydrogen) atoms. The van der Waals surface area contributed by atoms with Crippen molar-refractivity contribution in [2.45, 2.75) is 71.5 Å².